The number of nitrogens with zero attached hydrogens (tertiary/aromatic N) is 2. The SMILES string of the molecule is O=C(CSc1nc2c(-c3ccccc3)c[nH]c2c(=O)n1C1CC1)Nc1ccc(Cl)cc1. The molecule has 0 atom stereocenters. The molecule has 2 N–H and O–H groups in total. The number of carbonyl (C=O) groups excluding carboxylic acids is 1. The molecule has 6 nitrogen and oxygen atoms in total. The molecule has 1 aliphatic rings. The molecule has 0 aliphatic heterocycles. The summed E-state index contributed by atoms with van der Waals surface area (Å²) in [6.07, 6.45) is 3.72. The van der Waals surface area contributed by atoms with Gasteiger partial charge in [0.25, 0.3) is 5.56 Å². The summed E-state index contributed by atoms with van der Waals surface area (Å²) in [4.78, 5) is 33.6. The van der Waals surface area contributed by atoms with Gasteiger partial charge in [-0.15, -0.1) is 0 Å². The second-order valence-corrected chi connectivity index (χ2v) is 8.82. The summed E-state index contributed by atoms with van der Waals surface area (Å²) < 4.78 is 1.73. The molecule has 2 heterocycles. The van der Waals surface area contributed by atoms with Crippen LogP contribution in [0.15, 0.2) is 70.7 Å². The Morgan fingerprint density at radius 3 is 2.61 bits per heavy atom. The molecule has 1 aliphatic carbocycles. The maximum atomic E-state index is 13.2. The largest absolute Gasteiger partial charge is 0.355 e. The topological polar surface area (TPSA) is 79.8 Å². The third-order valence-corrected chi connectivity index (χ3v) is 6.36. The highest BCUT2D eigenvalue weighted by atomic mass is 35.5. The van der Waals surface area contributed by atoms with Crippen molar-refractivity contribution in [1.29, 1.82) is 0 Å². The van der Waals surface area contributed by atoms with Crippen LogP contribution in [0, 0.1) is 0 Å². The molecule has 1 fully saturated rings. The van der Waals surface area contributed by atoms with Crippen LogP contribution in [0.5, 0.6) is 0 Å². The fraction of sp³-hybridized carbons (Fsp3) is 0.174. The Bertz CT molecular complexity index is 1310. The molecule has 2 aromatic carbocycles. The van der Waals surface area contributed by atoms with Crippen LogP contribution in [0.2, 0.25) is 5.02 Å². The van der Waals surface area contributed by atoms with Gasteiger partial charge in [-0.25, -0.2) is 4.98 Å². The van der Waals surface area contributed by atoms with Crippen LogP contribution in [0.3, 0.4) is 0 Å². The Labute approximate surface area is 187 Å². The molecule has 4 aromatic rings. The average Bonchev–Trinajstić information content (AvgIpc) is 3.52. The zero-order valence-electron chi connectivity index (χ0n) is 16.5. The molecule has 31 heavy (non-hydrogen) atoms. The first-order valence-corrected chi connectivity index (χ1v) is 11.3. The van der Waals surface area contributed by atoms with Gasteiger partial charge in [0.2, 0.25) is 5.91 Å². The normalized spacial score (nSPS) is 13.5. The molecule has 0 spiro atoms. The Hall–Kier alpha value is -3.03. The van der Waals surface area contributed by atoms with E-state index in [1.165, 1.54) is 11.8 Å². The number of hydrogen-bond donors (Lipinski definition) is 2. The number of anilines is 1. The van der Waals surface area contributed by atoms with Gasteiger partial charge >= 0.3 is 0 Å². The van der Waals surface area contributed by atoms with Gasteiger partial charge in [0.05, 0.1) is 5.75 Å². The van der Waals surface area contributed by atoms with E-state index in [4.69, 9.17) is 16.6 Å². The Morgan fingerprint density at radius 1 is 1.16 bits per heavy atom. The maximum absolute atomic E-state index is 13.2. The molecule has 0 saturated heterocycles. The van der Waals surface area contributed by atoms with Crippen LogP contribution in [0.25, 0.3) is 22.2 Å². The fourth-order valence-electron chi connectivity index (χ4n) is 3.51. The molecule has 0 radical (unpaired) electrons. The first-order chi connectivity index (χ1) is 15.1. The summed E-state index contributed by atoms with van der Waals surface area (Å²) in [5, 5.41) is 4.03. The maximum Gasteiger partial charge on any atom is 0.278 e. The van der Waals surface area contributed by atoms with E-state index in [-0.39, 0.29) is 23.3 Å². The highest BCUT2D eigenvalue weighted by Crippen LogP contribution is 2.37. The number of rotatable bonds is 6. The summed E-state index contributed by atoms with van der Waals surface area (Å²) in [6, 6.07) is 16.9. The van der Waals surface area contributed by atoms with Gasteiger partial charge in [-0.1, -0.05) is 53.7 Å². The molecular formula is C23H19ClN4O2S. The van der Waals surface area contributed by atoms with Crippen molar-refractivity contribution in [2.75, 3.05) is 11.1 Å². The smallest absolute Gasteiger partial charge is 0.278 e. The lowest BCUT2D eigenvalue weighted by Crippen LogP contribution is -2.23. The zero-order chi connectivity index (χ0) is 21.4. The van der Waals surface area contributed by atoms with Gasteiger partial charge < -0.3 is 10.3 Å². The predicted molar refractivity (Wildman–Crippen MR) is 125 cm³/mol. The van der Waals surface area contributed by atoms with Gasteiger partial charge in [-0.05, 0) is 42.7 Å². The van der Waals surface area contributed by atoms with E-state index in [1.54, 1.807) is 28.8 Å². The number of benzene rings is 2. The molecule has 5 rings (SSSR count). The molecule has 0 bridgehead atoms. The highest BCUT2D eigenvalue weighted by molar-refractivity contribution is 7.99. The lowest BCUT2D eigenvalue weighted by Gasteiger charge is -2.12. The van der Waals surface area contributed by atoms with E-state index in [0.717, 1.165) is 24.0 Å². The van der Waals surface area contributed by atoms with Crippen molar-refractivity contribution < 1.29 is 4.79 Å². The zero-order valence-corrected chi connectivity index (χ0v) is 18.0. The van der Waals surface area contributed by atoms with Crippen LogP contribution in [0.1, 0.15) is 18.9 Å². The lowest BCUT2D eigenvalue weighted by molar-refractivity contribution is -0.113. The van der Waals surface area contributed by atoms with E-state index in [9.17, 15) is 9.59 Å². The number of amides is 1. The summed E-state index contributed by atoms with van der Waals surface area (Å²) in [5.74, 6) is -0.0142. The highest BCUT2D eigenvalue weighted by Gasteiger charge is 2.29. The van der Waals surface area contributed by atoms with Crippen molar-refractivity contribution in [2.24, 2.45) is 0 Å². The summed E-state index contributed by atoms with van der Waals surface area (Å²) in [5.41, 5.74) is 3.59. The van der Waals surface area contributed by atoms with Crippen molar-refractivity contribution in [1.82, 2.24) is 14.5 Å². The number of fused-ring (bicyclic) bond motifs is 1. The number of thioether (sulfide) groups is 1. The molecule has 8 heteroatoms. The minimum absolute atomic E-state index is 0.0877. The fourth-order valence-corrected chi connectivity index (χ4v) is 4.49. The second-order valence-electron chi connectivity index (χ2n) is 7.44. The van der Waals surface area contributed by atoms with Crippen LogP contribution >= 0.6 is 23.4 Å². The number of aromatic amines is 1. The monoisotopic (exact) mass is 450 g/mol. The van der Waals surface area contributed by atoms with Crippen molar-refractivity contribution in [2.45, 2.75) is 24.0 Å². The molecule has 1 saturated carbocycles. The van der Waals surface area contributed by atoms with Gasteiger partial charge in [0.1, 0.15) is 11.0 Å². The summed E-state index contributed by atoms with van der Waals surface area (Å²) in [7, 11) is 0. The summed E-state index contributed by atoms with van der Waals surface area (Å²) >= 11 is 7.17. The van der Waals surface area contributed by atoms with Gasteiger partial charge in [-0.3, -0.25) is 14.2 Å². The van der Waals surface area contributed by atoms with Crippen molar-refractivity contribution in [3.63, 3.8) is 0 Å². The number of hydrogen-bond acceptors (Lipinski definition) is 4. The van der Waals surface area contributed by atoms with E-state index >= 15 is 0 Å². The standard InChI is InChI=1S/C23H19ClN4O2S/c24-15-6-8-16(9-7-15)26-19(29)13-31-23-27-20-18(14-4-2-1-3-5-14)12-25-21(20)22(30)28(23)17-10-11-17/h1-9,12,17,25H,10-11,13H2,(H,26,29). The Balaban J connectivity index is 1.45. The minimum atomic E-state index is -0.165. The second kappa shape index (κ2) is 8.24. The van der Waals surface area contributed by atoms with Crippen LogP contribution in [-0.4, -0.2) is 26.2 Å². The third-order valence-electron chi connectivity index (χ3n) is 5.16. The minimum Gasteiger partial charge on any atom is -0.355 e. The van der Waals surface area contributed by atoms with Crippen LogP contribution in [0.4, 0.5) is 5.69 Å². The van der Waals surface area contributed by atoms with Crippen LogP contribution in [-0.2, 0) is 4.79 Å². The average molecular weight is 451 g/mol. The molecule has 2 aromatic heterocycles. The van der Waals surface area contributed by atoms with Crippen molar-refractivity contribution >= 4 is 46.0 Å². The third kappa shape index (κ3) is 4.11. The number of carbonyl (C=O) groups is 1. The number of halogens is 1. The first kappa shape index (κ1) is 19.9. The van der Waals surface area contributed by atoms with Gasteiger partial charge in [0.15, 0.2) is 5.16 Å². The van der Waals surface area contributed by atoms with Gasteiger partial charge in [-0.2, -0.15) is 0 Å². The van der Waals surface area contributed by atoms with Gasteiger partial charge in [0, 0.05) is 28.5 Å². The van der Waals surface area contributed by atoms with E-state index in [0.29, 0.717) is 26.9 Å². The molecule has 1 amide bonds. The molecule has 156 valence electrons. The first-order valence-electron chi connectivity index (χ1n) is 9.97. The number of H-pyrrole nitrogens is 1. The number of aromatic nitrogens is 3. The lowest BCUT2D eigenvalue weighted by atomic mass is 10.1. The van der Waals surface area contributed by atoms with Crippen molar-refractivity contribution in [3.8, 4) is 11.1 Å². The van der Waals surface area contributed by atoms with E-state index in [1.807, 2.05) is 36.5 Å². The number of nitrogens with one attached hydrogen (secondary N) is 2. The van der Waals surface area contributed by atoms with E-state index < -0.39 is 0 Å². The molecular weight excluding hydrogens is 432 g/mol. The quantitative estimate of drug-likeness (QED) is 0.316. The Morgan fingerprint density at radius 2 is 1.90 bits per heavy atom. The summed E-state index contributed by atoms with van der Waals surface area (Å²) in [6.45, 7) is 0. The Kier molecular flexibility index (Phi) is 5.29. The van der Waals surface area contributed by atoms with Crippen LogP contribution < -0.4 is 10.9 Å². The van der Waals surface area contributed by atoms with Crippen molar-refractivity contribution in [3.05, 3.63) is 76.2 Å². The predicted octanol–water partition coefficient (Wildman–Crippen LogP) is 5.11. The molecule has 0 unspecified atom stereocenters. The van der Waals surface area contributed by atoms with E-state index in [2.05, 4.69) is 10.3 Å².